The normalized spacial score (nSPS) is 33.3. The van der Waals surface area contributed by atoms with Crippen LogP contribution in [-0.4, -0.2) is 17.1 Å². The molecule has 1 fully saturated rings. The Labute approximate surface area is 68.8 Å². The first-order valence-corrected chi connectivity index (χ1v) is 4.24. The molecule has 1 rings (SSSR count). The molecular formula is C9H17NO. The van der Waals surface area contributed by atoms with Crippen LogP contribution in [0.5, 0.6) is 0 Å². The van der Waals surface area contributed by atoms with Gasteiger partial charge in [-0.1, -0.05) is 0 Å². The zero-order chi connectivity index (χ0) is 8.43. The molecule has 0 aromatic heterocycles. The van der Waals surface area contributed by atoms with E-state index in [4.69, 9.17) is 4.84 Å². The Morgan fingerprint density at radius 2 is 2.00 bits per heavy atom. The van der Waals surface area contributed by atoms with E-state index in [1.165, 1.54) is 6.42 Å². The largest absolute Gasteiger partial charge is 0.411 e. The molecule has 2 nitrogen and oxygen atoms in total. The molecule has 1 heterocycles. The average Bonchev–Trinajstić information content (AvgIpc) is 2.00. The van der Waals surface area contributed by atoms with E-state index in [2.05, 4.69) is 18.9 Å². The van der Waals surface area contributed by atoms with Gasteiger partial charge in [-0.15, -0.1) is 5.06 Å². The van der Waals surface area contributed by atoms with Gasteiger partial charge < -0.3 is 4.84 Å². The lowest BCUT2D eigenvalue weighted by atomic mass is 10.00. The molecule has 1 saturated heterocycles. The molecule has 1 aliphatic heterocycles. The van der Waals surface area contributed by atoms with Gasteiger partial charge in [-0.25, -0.2) is 0 Å². The van der Waals surface area contributed by atoms with Crippen LogP contribution in [0.25, 0.3) is 0 Å². The fraction of sp³-hybridized carbons (Fsp3) is 0.778. The molecule has 2 atom stereocenters. The molecule has 2 heteroatoms. The summed E-state index contributed by atoms with van der Waals surface area (Å²) in [4.78, 5) is 5.55. The molecule has 2 unspecified atom stereocenters. The maximum absolute atomic E-state index is 5.55. The fourth-order valence-electron chi connectivity index (χ4n) is 1.40. The summed E-state index contributed by atoms with van der Waals surface area (Å²) in [5.74, 6) is 0.989. The van der Waals surface area contributed by atoms with Gasteiger partial charge in [-0.3, -0.25) is 0 Å². The second kappa shape index (κ2) is 3.26. The topological polar surface area (TPSA) is 12.5 Å². The van der Waals surface area contributed by atoms with Crippen LogP contribution in [0.1, 0.15) is 34.1 Å². The van der Waals surface area contributed by atoms with Crippen molar-refractivity contribution in [3.05, 3.63) is 11.8 Å². The molecule has 0 N–H and O–H groups in total. The molecule has 0 aliphatic carbocycles. The van der Waals surface area contributed by atoms with E-state index in [0.717, 1.165) is 5.76 Å². The second-order valence-corrected chi connectivity index (χ2v) is 3.28. The summed E-state index contributed by atoms with van der Waals surface area (Å²) in [5.41, 5.74) is 0. The summed E-state index contributed by atoms with van der Waals surface area (Å²) in [6, 6.07) is 1.17. The third kappa shape index (κ3) is 1.74. The van der Waals surface area contributed by atoms with Crippen LogP contribution in [0.15, 0.2) is 11.8 Å². The lowest BCUT2D eigenvalue weighted by Gasteiger charge is -2.43. The van der Waals surface area contributed by atoms with Gasteiger partial charge in [0.25, 0.3) is 0 Å². The highest BCUT2D eigenvalue weighted by Crippen LogP contribution is 2.26. The van der Waals surface area contributed by atoms with Crippen molar-refractivity contribution in [2.75, 3.05) is 0 Å². The highest BCUT2D eigenvalue weighted by Gasteiger charge is 2.33. The number of nitrogens with zero attached hydrogens (tertiary/aromatic N) is 1. The molecule has 11 heavy (non-hydrogen) atoms. The first-order valence-electron chi connectivity index (χ1n) is 4.24. The van der Waals surface area contributed by atoms with Crippen molar-refractivity contribution in [2.24, 2.45) is 0 Å². The Morgan fingerprint density at radius 3 is 2.36 bits per heavy atom. The van der Waals surface area contributed by atoms with Gasteiger partial charge in [0.15, 0.2) is 0 Å². The number of rotatable bonds is 2. The standard InChI is InChI=1S/C9H17NO/c1-5-9(4)11-10-7(2)6-8(10)3/h5,7-8H,6H2,1-4H3/b9-5-. The molecule has 0 saturated carbocycles. The van der Waals surface area contributed by atoms with Crippen molar-refractivity contribution in [3.63, 3.8) is 0 Å². The minimum Gasteiger partial charge on any atom is -0.411 e. The van der Waals surface area contributed by atoms with Crippen LogP contribution in [-0.2, 0) is 4.84 Å². The van der Waals surface area contributed by atoms with Gasteiger partial charge in [-0.05, 0) is 40.2 Å². The van der Waals surface area contributed by atoms with Crippen LogP contribution in [0.4, 0.5) is 0 Å². The highest BCUT2D eigenvalue weighted by atomic mass is 16.7. The molecule has 0 amide bonds. The number of hydrogen-bond acceptors (Lipinski definition) is 2. The molecule has 0 radical (unpaired) electrons. The molecule has 0 spiro atoms. The van der Waals surface area contributed by atoms with Gasteiger partial charge >= 0.3 is 0 Å². The minimum atomic E-state index is 0.583. The third-order valence-corrected chi connectivity index (χ3v) is 2.21. The van der Waals surface area contributed by atoms with E-state index in [9.17, 15) is 0 Å². The molecule has 0 bridgehead atoms. The third-order valence-electron chi connectivity index (χ3n) is 2.21. The number of allylic oxidation sites excluding steroid dienone is 2. The Hall–Kier alpha value is -0.500. The Bertz CT molecular complexity index is 157. The van der Waals surface area contributed by atoms with E-state index in [0.29, 0.717) is 12.1 Å². The van der Waals surface area contributed by atoms with Crippen LogP contribution in [0.3, 0.4) is 0 Å². The lowest BCUT2D eigenvalue weighted by molar-refractivity contribution is -0.229. The first-order chi connectivity index (χ1) is 5.15. The summed E-state index contributed by atoms with van der Waals surface area (Å²) in [7, 11) is 0. The number of hydroxylamine groups is 2. The Balaban J connectivity index is 2.37. The predicted octanol–water partition coefficient (Wildman–Crippen LogP) is 2.32. The summed E-state index contributed by atoms with van der Waals surface area (Å²) in [6.45, 7) is 8.34. The average molecular weight is 155 g/mol. The first kappa shape index (κ1) is 8.60. The van der Waals surface area contributed by atoms with Crippen LogP contribution >= 0.6 is 0 Å². The SMILES string of the molecule is C/C=C(/C)ON1C(C)CC1C. The minimum absolute atomic E-state index is 0.583. The highest BCUT2D eigenvalue weighted by molar-refractivity contribution is 4.88. The number of hydrogen-bond donors (Lipinski definition) is 0. The molecule has 0 aromatic carbocycles. The Morgan fingerprint density at radius 1 is 1.45 bits per heavy atom. The second-order valence-electron chi connectivity index (χ2n) is 3.28. The van der Waals surface area contributed by atoms with Crippen molar-refractivity contribution in [1.29, 1.82) is 0 Å². The Kier molecular flexibility index (Phi) is 2.55. The van der Waals surface area contributed by atoms with Crippen molar-refractivity contribution < 1.29 is 4.84 Å². The molecule has 64 valence electrons. The molecular weight excluding hydrogens is 138 g/mol. The lowest BCUT2D eigenvalue weighted by Crippen LogP contribution is -2.52. The maximum atomic E-state index is 5.55. The summed E-state index contributed by atoms with van der Waals surface area (Å²) < 4.78 is 0. The van der Waals surface area contributed by atoms with Gasteiger partial charge in [0, 0.05) is 12.1 Å². The van der Waals surface area contributed by atoms with Crippen molar-refractivity contribution in [2.45, 2.75) is 46.2 Å². The quantitative estimate of drug-likeness (QED) is 0.567. The molecule has 0 aromatic rings. The summed E-state index contributed by atoms with van der Waals surface area (Å²) in [6.07, 6.45) is 3.23. The van der Waals surface area contributed by atoms with Crippen LogP contribution in [0, 0.1) is 0 Å². The van der Waals surface area contributed by atoms with Gasteiger partial charge in [0.05, 0.1) is 0 Å². The fourth-order valence-corrected chi connectivity index (χ4v) is 1.40. The summed E-state index contributed by atoms with van der Waals surface area (Å²) >= 11 is 0. The predicted molar refractivity (Wildman–Crippen MR) is 45.9 cm³/mol. The zero-order valence-corrected chi connectivity index (χ0v) is 7.79. The van der Waals surface area contributed by atoms with Crippen molar-refractivity contribution in [3.8, 4) is 0 Å². The van der Waals surface area contributed by atoms with Crippen molar-refractivity contribution >= 4 is 0 Å². The van der Waals surface area contributed by atoms with E-state index < -0.39 is 0 Å². The van der Waals surface area contributed by atoms with E-state index in [-0.39, 0.29) is 0 Å². The maximum Gasteiger partial charge on any atom is 0.117 e. The van der Waals surface area contributed by atoms with Gasteiger partial charge in [0.2, 0.25) is 0 Å². The van der Waals surface area contributed by atoms with E-state index in [1.807, 2.05) is 19.9 Å². The smallest absolute Gasteiger partial charge is 0.117 e. The van der Waals surface area contributed by atoms with E-state index >= 15 is 0 Å². The van der Waals surface area contributed by atoms with Gasteiger partial charge in [-0.2, -0.15) is 0 Å². The van der Waals surface area contributed by atoms with E-state index in [1.54, 1.807) is 0 Å². The van der Waals surface area contributed by atoms with Crippen LogP contribution in [0.2, 0.25) is 0 Å². The summed E-state index contributed by atoms with van der Waals surface area (Å²) in [5, 5.41) is 2.05. The van der Waals surface area contributed by atoms with Crippen molar-refractivity contribution in [1.82, 2.24) is 5.06 Å². The van der Waals surface area contributed by atoms with Crippen LogP contribution < -0.4 is 0 Å². The van der Waals surface area contributed by atoms with Gasteiger partial charge in [0.1, 0.15) is 5.76 Å². The molecule has 1 aliphatic rings. The monoisotopic (exact) mass is 155 g/mol. The zero-order valence-electron chi connectivity index (χ0n) is 7.79.